The maximum absolute atomic E-state index is 12.7. The topological polar surface area (TPSA) is 103 Å². The molecule has 2 aromatic rings. The van der Waals surface area contributed by atoms with Crippen LogP contribution in [0.25, 0.3) is 11.3 Å². The highest BCUT2D eigenvalue weighted by molar-refractivity contribution is 7.91. The molecular weight excluding hydrogens is 392 g/mol. The number of rotatable bonds is 6. The molecule has 9 heteroatoms. The van der Waals surface area contributed by atoms with Crippen molar-refractivity contribution in [1.29, 1.82) is 0 Å². The molecule has 3 heterocycles. The number of nitrogens with one attached hydrogen (secondary N) is 1. The molecule has 8 nitrogen and oxygen atoms in total. The van der Waals surface area contributed by atoms with Gasteiger partial charge < -0.3 is 9.30 Å². The molecule has 2 aliphatic rings. The van der Waals surface area contributed by atoms with Gasteiger partial charge in [0.15, 0.2) is 5.75 Å². The van der Waals surface area contributed by atoms with Gasteiger partial charge in [-0.15, -0.1) is 0 Å². The molecule has 0 amide bonds. The monoisotopic (exact) mass is 418 g/mol. The third-order valence-corrected chi connectivity index (χ3v) is 5.82. The standard InChI is InChI=1S/C20H26N4O4S/c1-12-7-14(15-8-20(2,3)11-24(15)18(12)25)17-16(28-10-13-5-6-13)9-21-19(22-17)23-29(4,26)27/h7,9,13H,5-6,8,10-11H2,1-4H3,(H,21,22,23). The van der Waals surface area contributed by atoms with Crippen LogP contribution in [0.5, 0.6) is 5.75 Å². The van der Waals surface area contributed by atoms with Crippen molar-refractivity contribution >= 4 is 16.0 Å². The van der Waals surface area contributed by atoms with Crippen molar-refractivity contribution in [2.24, 2.45) is 11.3 Å². The molecule has 1 aliphatic carbocycles. The zero-order valence-corrected chi connectivity index (χ0v) is 18.0. The zero-order chi connectivity index (χ0) is 21.0. The van der Waals surface area contributed by atoms with Crippen molar-refractivity contribution in [3.8, 4) is 17.0 Å². The van der Waals surface area contributed by atoms with Crippen LogP contribution in [-0.4, -0.2) is 35.8 Å². The van der Waals surface area contributed by atoms with Crippen molar-refractivity contribution in [3.63, 3.8) is 0 Å². The molecule has 29 heavy (non-hydrogen) atoms. The minimum atomic E-state index is -3.52. The SMILES string of the molecule is Cc1cc(-c2nc(NS(C)(=O)=O)ncc2OCC2CC2)c2n(c1=O)CC(C)(C)C2. The Bertz CT molecular complexity index is 1130. The fourth-order valence-electron chi connectivity index (χ4n) is 3.72. The van der Waals surface area contributed by atoms with Crippen molar-refractivity contribution in [3.05, 3.63) is 33.9 Å². The molecule has 1 saturated carbocycles. The molecule has 1 aliphatic heterocycles. The second kappa shape index (κ2) is 6.83. The van der Waals surface area contributed by atoms with E-state index in [0.717, 1.165) is 36.8 Å². The molecule has 2 aromatic heterocycles. The Morgan fingerprint density at radius 1 is 1.34 bits per heavy atom. The summed E-state index contributed by atoms with van der Waals surface area (Å²) in [6, 6.07) is 1.83. The summed E-state index contributed by atoms with van der Waals surface area (Å²) in [5.41, 5.74) is 2.76. The third-order valence-electron chi connectivity index (χ3n) is 5.27. The number of anilines is 1. The van der Waals surface area contributed by atoms with Gasteiger partial charge >= 0.3 is 0 Å². The third kappa shape index (κ3) is 4.29. The molecule has 0 spiro atoms. The maximum Gasteiger partial charge on any atom is 0.253 e. The van der Waals surface area contributed by atoms with Gasteiger partial charge in [-0.1, -0.05) is 13.8 Å². The summed E-state index contributed by atoms with van der Waals surface area (Å²) in [5, 5.41) is 0. The molecule has 0 atom stereocenters. The van der Waals surface area contributed by atoms with E-state index in [1.165, 1.54) is 6.20 Å². The Labute approximate surface area is 170 Å². The molecule has 0 radical (unpaired) electrons. The summed E-state index contributed by atoms with van der Waals surface area (Å²) >= 11 is 0. The van der Waals surface area contributed by atoms with Gasteiger partial charge in [0.2, 0.25) is 16.0 Å². The van der Waals surface area contributed by atoms with Gasteiger partial charge in [-0.05, 0) is 43.6 Å². The van der Waals surface area contributed by atoms with E-state index in [-0.39, 0.29) is 16.9 Å². The molecule has 0 bridgehead atoms. The minimum absolute atomic E-state index is 0.00156. The summed E-state index contributed by atoms with van der Waals surface area (Å²) in [6.45, 7) is 7.24. The molecule has 1 N–H and O–H groups in total. The van der Waals surface area contributed by atoms with Crippen LogP contribution in [0.1, 0.15) is 37.9 Å². The smallest absolute Gasteiger partial charge is 0.253 e. The van der Waals surface area contributed by atoms with Crippen molar-refractivity contribution in [1.82, 2.24) is 14.5 Å². The van der Waals surface area contributed by atoms with Crippen molar-refractivity contribution < 1.29 is 13.2 Å². The van der Waals surface area contributed by atoms with Crippen LogP contribution in [0.2, 0.25) is 0 Å². The summed E-state index contributed by atoms with van der Waals surface area (Å²) in [7, 11) is -3.52. The first-order valence-corrected chi connectivity index (χ1v) is 11.6. The molecule has 0 saturated heterocycles. The Balaban J connectivity index is 1.86. The lowest BCUT2D eigenvalue weighted by Crippen LogP contribution is -2.24. The Morgan fingerprint density at radius 2 is 2.07 bits per heavy atom. The van der Waals surface area contributed by atoms with Gasteiger partial charge in [-0.25, -0.2) is 18.4 Å². The lowest BCUT2D eigenvalue weighted by molar-refractivity contribution is 0.299. The Morgan fingerprint density at radius 3 is 2.72 bits per heavy atom. The first-order valence-electron chi connectivity index (χ1n) is 9.74. The van der Waals surface area contributed by atoms with Gasteiger partial charge in [-0.3, -0.25) is 9.52 Å². The van der Waals surface area contributed by atoms with E-state index in [9.17, 15) is 13.2 Å². The highest BCUT2D eigenvalue weighted by Gasteiger charge is 2.33. The van der Waals surface area contributed by atoms with E-state index in [4.69, 9.17) is 4.74 Å². The normalized spacial score (nSPS) is 17.8. The summed E-state index contributed by atoms with van der Waals surface area (Å²) in [6.07, 6.45) is 5.58. The number of aromatic nitrogens is 3. The van der Waals surface area contributed by atoms with E-state index in [0.29, 0.717) is 36.1 Å². The summed E-state index contributed by atoms with van der Waals surface area (Å²) in [4.78, 5) is 21.3. The molecular formula is C20H26N4O4S. The van der Waals surface area contributed by atoms with Crippen LogP contribution < -0.4 is 15.0 Å². The van der Waals surface area contributed by atoms with Crippen LogP contribution in [0.15, 0.2) is 17.1 Å². The molecule has 156 valence electrons. The summed E-state index contributed by atoms with van der Waals surface area (Å²) in [5.74, 6) is 1.03. The average Bonchev–Trinajstić information content (AvgIpc) is 3.37. The van der Waals surface area contributed by atoms with E-state index in [1.807, 2.05) is 6.07 Å². The van der Waals surface area contributed by atoms with Gasteiger partial charge in [0, 0.05) is 23.4 Å². The number of ether oxygens (including phenoxy) is 1. The largest absolute Gasteiger partial charge is 0.489 e. The first-order chi connectivity index (χ1) is 13.5. The average molecular weight is 419 g/mol. The number of fused-ring (bicyclic) bond motifs is 1. The van der Waals surface area contributed by atoms with Crippen LogP contribution >= 0.6 is 0 Å². The van der Waals surface area contributed by atoms with Gasteiger partial charge in [0.1, 0.15) is 5.69 Å². The van der Waals surface area contributed by atoms with E-state index in [2.05, 4.69) is 28.5 Å². The van der Waals surface area contributed by atoms with Crippen LogP contribution in [-0.2, 0) is 23.0 Å². The second-order valence-corrected chi connectivity index (χ2v) is 10.7. The maximum atomic E-state index is 12.7. The molecule has 1 fully saturated rings. The molecule has 0 aromatic carbocycles. The van der Waals surface area contributed by atoms with E-state index in [1.54, 1.807) is 11.5 Å². The number of hydrogen-bond donors (Lipinski definition) is 1. The number of pyridine rings is 1. The Kier molecular flexibility index (Phi) is 4.68. The summed E-state index contributed by atoms with van der Waals surface area (Å²) < 4.78 is 33.5. The molecule has 0 unspecified atom stereocenters. The lowest BCUT2D eigenvalue weighted by Gasteiger charge is -2.16. The fraction of sp³-hybridized carbons (Fsp3) is 0.550. The van der Waals surface area contributed by atoms with Gasteiger partial charge in [0.05, 0.1) is 19.1 Å². The quantitative estimate of drug-likeness (QED) is 0.772. The predicted molar refractivity (Wildman–Crippen MR) is 111 cm³/mol. The second-order valence-electron chi connectivity index (χ2n) is 8.96. The zero-order valence-electron chi connectivity index (χ0n) is 17.2. The minimum Gasteiger partial charge on any atom is -0.489 e. The Hall–Kier alpha value is -2.42. The van der Waals surface area contributed by atoms with Gasteiger partial charge in [-0.2, -0.15) is 0 Å². The fourth-order valence-corrected chi connectivity index (χ4v) is 4.15. The number of aryl methyl sites for hydroxylation is 1. The van der Waals surface area contributed by atoms with E-state index >= 15 is 0 Å². The van der Waals surface area contributed by atoms with Gasteiger partial charge in [0.25, 0.3) is 5.56 Å². The van der Waals surface area contributed by atoms with Crippen molar-refractivity contribution in [2.75, 3.05) is 17.6 Å². The number of hydrogen-bond acceptors (Lipinski definition) is 6. The predicted octanol–water partition coefficient (Wildman–Crippen LogP) is 2.36. The molecule has 4 rings (SSSR count). The highest BCUT2D eigenvalue weighted by Crippen LogP contribution is 2.39. The number of sulfonamides is 1. The van der Waals surface area contributed by atoms with Crippen molar-refractivity contribution in [2.45, 2.75) is 46.6 Å². The van der Waals surface area contributed by atoms with Crippen LogP contribution in [0.3, 0.4) is 0 Å². The van der Waals surface area contributed by atoms with Crippen LogP contribution in [0, 0.1) is 18.3 Å². The number of nitrogens with zero attached hydrogens (tertiary/aromatic N) is 3. The lowest BCUT2D eigenvalue weighted by atomic mass is 9.90. The van der Waals surface area contributed by atoms with E-state index < -0.39 is 10.0 Å². The highest BCUT2D eigenvalue weighted by atomic mass is 32.2. The van der Waals surface area contributed by atoms with Crippen LogP contribution in [0.4, 0.5) is 5.95 Å². The first kappa shape index (κ1) is 19.9.